The van der Waals surface area contributed by atoms with E-state index in [4.69, 9.17) is 11.6 Å². The monoisotopic (exact) mass is 363 g/mol. The minimum absolute atomic E-state index is 0.0450. The molecule has 0 saturated heterocycles. The Morgan fingerprint density at radius 3 is 2.19 bits per heavy atom. The van der Waals surface area contributed by atoms with Gasteiger partial charge in [0.05, 0.1) is 0 Å². The van der Waals surface area contributed by atoms with Gasteiger partial charge in [0.25, 0.3) is 5.91 Å². The van der Waals surface area contributed by atoms with Crippen LogP contribution in [0.1, 0.15) is 27.0 Å². The van der Waals surface area contributed by atoms with Crippen molar-refractivity contribution in [1.82, 2.24) is 4.90 Å². The highest BCUT2D eigenvalue weighted by atomic mass is 35.5. The Labute approximate surface area is 160 Å². The second-order valence-electron chi connectivity index (χ2n) is 6.43. The summed E-state index contributed by atoms with van der Waals surface area (Å²) in [5.74, 6) is 0.0450. The lowest BCUT2D eigenvalue weighted by Gasteiger charge is -2.19. The fourth-order valence-corrected chi connectivity index (χ4v) is 3.14. The molecular formula is C23H22ClNO. The lowest BCUT2D eigenvalue weighted by molar-refractivity contribution is 0.0784. The van der Waals surface area contributed by atoms with E-state index in [1.165, 1.54) is 5.56 Å². The summed E-state index contributed by atoms with van der Waals surface area (Å²) in [6.07, 6.45) is 1.77. The Bertz CT molecular complexity index is 859. The number of hydrogen-bond donors (Lipinski definition) is 0. The Morgan fingerprint density at radius 2 is 1.46 bits per heavy atom. The van der Waals surface area contributed by atoms with Crippen molar-refractivity contribution >= 4 is 17.5 Å². The molecule has 0 heterocycles. The van der Waals surface area contributed by atoms with Gasteiger partial charge in [-0.1, -0.05) is 72.3 Å². The molecule has 3 aromatic rings. The van der Waals surface area contributed by atoms with Gasteiger partial charge in [-0.15, -0.1) is 0 Å². The van der Waals surface area contributed by atoms with E-state index in [1.54, 1.807) is 4.90 Å². The number of amides is 1. The van der Waals surface area contributed by atoms with Crippen LogP contribution in [0.15, 0.2) is 78.9 Å². The predicted octanol–water partition coefficient (Wildman–Crippen LogP) is 5.40. The molecule has 1 amide bonds. The molecule has 0 N–H and O–H groups in total. The summed E-state index contributed by atoms with van der Waals surface area (Å²) < 4.78 is 0. The van der Waals surface area contributed by atoms with E-state index >= 15 is 0 Å². The minimum Gasteiger partial charge on any atom is -0.337 e. The number of nitrogens with zero attached hydrogens (tertiary/aromatic N) is 1. The SMILES string of the molecule is CN(Cc1ccc(Cl)cc1)C(=O)c1ccccc1CCc1ccccc1. The molecule has 0 spiro atoms. The van der Waals surface area contributed by atoms with Gasteiger partial charge in [0.15, 0.2) is 0 Å². The van der Waals surface area contributed by atoms with Crippen LogP contribution in [-0.2, 0) is 19.4 Å². The van der Waals surface area contributed by atoms with E-state index < -0.39 is 0 Å². The van der Waals surface area contributed by atoms with E-state index in [9.17, 15) is 4.79 Å². The lowest BCUT2D eigenvalue weighted by Crippen LogP contribution is -2.27. The van der Waals surface area contributed by atoms with E-state index in [2.05, 4.69) is 12.1 Å². The van der Waals surface area contributed by atoms with Crippen molar-refractivity contribution in [2.45, 2.75) is 19.4 Å². The zero-order chi connectivity index (χ0) is 18.4. The van der Waals surface area contributed by atoms with Crippen LogP contribution in [0.5, 0.6) is 0 Å². The molecule has 0 aliphatic carbocycles. The number of carbonyl (C=O) groups excluding carboxylic acids is 1. The molecule has 0 saturated carbocycles. The first-order chi connectivity index (χ1) is 12.6. The molecule has 0 atom stereocenters. The molecule has 2 nitrogen and oxygen atoms in total. The average molecular weight is 364 g/mol. The van der Waals surface area contributed by atoms with Crippen LogP contribution < -0.4 is 0 Å². The molecule has 0 fully saturated rings. The Kier molecular flexibility index (Phi) is 6.08. The highest BCUT2D eigenvalue weighted by Crippen LogP contribution is 2.17. The van der Waals surface area contributed by atoms with Gasteiger partial charge in [-0.25, -0.2) is 0 Å². The Morgan fingerprint density at radius 1 is 0.808 bits per heavy atom. The van der Waals surface area contributed by atoms with Gasteiger partial charge in [-0.05, 0) is 47.7 Å². The molecule has 0 aliphatic rings. The quantitative estimate of drug-likeness (QED) is 0.574. The van der Waals surface area contributed by atoms with E-state index in [1.807, 2.05) is 73.8 Å². The summed E-state index contributed by atoms with van der Waals surface area (Å²) >= 11 is 5.93. The molecule has 3 heteroatoms. The van der Waals surface area contributed by atoms with Crippen molar-refractivity contribution in [3.8, 4) is 0 Å². The van der Waals surface area contributed by atoms with Gasteiger partial charge in [0.2, 0.25) is 0 Å². The topological polar surface area (TPSA) is 20.3 Å². The second-order valence-corrected chi connectivity index (χ2v) is 6.87. The van der Waals surface area contributed by atoms with Crippen molar-refractivity contribution in [3.05, 3.63) is 106 Å². The molecule has 0 bridgehead atoms. The van der Waals surface area contributed by atoms with Crippen LogP contribution in [0.4, 0.5) is 0 Å². The number of hydrogen-bond acceptors (Lipinski definition) is 1. The predicted molar refractivity (Wildman–Crippen MR) is 108 cm³/mol. The summed E-state index contributed by atoms with van der Waals surface area (Å²) in [7, 11) is 1.84. The molecule has 3 rings (SSSR count). The van der Waals surface area contributed by atoms with E-state index in [0.29, 0.717) is 11.6 Å². The first-order valence-corrected chi connectivity index (χ1v) is 9.13. The zero-order valence-electron chi connectivity index (χ0n) is 14.9. The normalized spacial score (nSPS) is 10.5. The van der Waals surface area contributed by atoms with Crippen LogP contribution in [0, 0.1) is 0 Å². The summed E-state index contributed by atoms with van der Waals surface area (Å²) in [6.45, 7) is 0.559. The number of halogens is 1. The number of rotatable bonds is 6. The zero-order valence-corrected chi connectivity index (χ0v) is 15.6. The van der Waals surface area contributed by atoms with Crippen molar-refractivity contribution in [2.24, 2.45) is 0 Å². The summed E-state index contributed by atoms with van der Waals surface area (Å²) in [5, 5.41) is 0.703. The molecular weight excluding hydrogens is 342 g/mol. The number of aryl methyl sites for hydroxylation is 2. The first kappa shape index (κ1) is 18.2. The Hall–Kier alpha value is -2.58. The summed E-state index contributed by atoms with van der Waals surface area (Å²) in [5.41, 5.74) is 4.21. The van der Waals surface area contributed by atoms with Gasteiger partial charge in [-0.2, -0.15) is 0 Å². The van der Waals surface area contributed by atoms with Gasteiger partial charge >= 0.3 is 0 Å². The molecule has 0 unspecified atom stereocenters. The van der Waals surface area contributed by atoms with Gasteiger partial charge in [0, 0.05) is 24.2 Å². The fourth-order valence-electron chi connectivity index (χ4n) is 3.01. The minimum atomic E-state index is 0.0450. The highest BCUT2D eigenvalue weighted by molar-refractivity contribution is 6.30. The number of benzene rings is 3. The lowest BCUT2D eigenvalue weighted by atomic mass is 9.99. The van der Waals surface area contributed by atoms with Crippen LogP contribution in [0.25, 0.3) is 0 Å². The van der Waals surface area contributed by atoms with Crippen LogP contribution >= 0.6 is 11.6 Å². The molecule has 26 heavy (non-hydrogen) atoms. The maximum absolute atomic E-state index is 12.9. The molecule has 3 aromatic carbocycles. The molecule has 0 aliphatic heterocycles. The largest absolute Gasteiger partial charge is 0.337 e. The van der Waals surface area contributed by atoms with Crippen LogP contribution in [0.3, 0.4) is 0 Å². The number of carbonyl (C=O) groups is 1. The maximum atomic E-state index is 12.9. The first-order valence-electron chi connectivity index (χ1n) is 8.75. The molecule has 0 aromatic heterocycles. The third kappa shape index (κ3) is 4.74. The molecule has 132 valence electrons. The van der Waals surface area contributed by atoms with Crippen LogP contribution in [-0.4, -0.2) is 17.9 Å². The van der Waals surface area contributed by atoms with Crippen molar-refractivity contribution in [1.29, 1.82) is 0 Å². The average Bonchev–Trinajstić information content (AvgIpc) is 2.68. The van der Waals surface area contributed by atoms with Crippen molar-refractivity contribution in [2.75, 3.05) is 7.05 Å². The van der Waals surface area contributed by atoms with Crippen molar-refractivity contribution in [3.63, 3.8) is 0 Å². The summed E-state index contributed by atoms with van der Waals surface area (Å²) in [6, 6.07) is 25.9. The third-order valence-electron chi connectivity index (χ3n) is 4.45. The maximum Gasteiger partial charge on any atom is 0.254 e. The Balaban J connectivity index is 1.71. The van der Waals surface area contributed by atoms with Crippen molar-refractivity contribution < 1.29 is 4.79 Å². The van der Waals surface area contributed by atoms with E-state index in [-0.39, 0.29) is 5.91 Å². The van der Waals surface area contributed by atoms with Gasteiger partial charge in [0.1, 0.15) is 0 Å². The second kappa shape index (κ2) is 8.68. The highest BCUT2D eigenvalue weighted by Gasteiger charge is 2.15. The molecule has 0 radical (unpaired) electrons. The van der Waals surface area contributed by atoms with Gasteiger partial charge < -0.3 is 4.90 Å². The fraction of sp³-hybridized carbons (Fsp3) is 0.174. The summed E-state index contributed by atoms with van der Waals surface area (Å²) in [4.78, 5) is 14.7. The van der Waals surface area contributed by atoms with E-state index in [0.717, 1.165) is 29.5 Å². The van der Waals surface area contributed by atoms with Gasteiger partial charge in [-0.3, -0.25) is 4.79 Å². The van der Waals surface area contributed by atoms with Crippen LogP contribution in [0.2, 0.25) is 5.02 Å². The third-order valence-corrected chi connectivity index (χ3v) is 4.71. The standard InChI is InChI=1S/C23H22ClNO/c1-25(17-19-12-15-21(24)16-13-19)23(26)22-10-6-5-9-20(22)14-11-18-7-3-2-4-8-18/h2-10,12-13,15-16H,11,14,17H2,1H3. The smallest absolute Gasteiger partial charge is 0.254 e.